The van der Waals surface area contributed by atoms with Crippen molar-refractivity contribution in [2.24, 2.45) is 0 Å². The molecule has 8 nitrogen and oxygen atoms in total. The van der Waals surface area contributed by atoms with Gasteiger partial charge in [0.05, 0.1) is 4.90 Å². The Hall–Kier alpha value is -2.89. The van der Waals surface area contributed by atoms with Gasteiger partial charge in [0.25, 0.3) is 15.7 Å². The molecule has 2 N–H and O–H groups in total. The molecule has 0 aliphatic rings. The zero-order valence-electron chi connectivity index (χ0n) is 12.8. The number of alkyl halides is 3. The minimum Gasteiger partial charge on any atom is -0.481 e. The molecule has 0 unspecified atom stereocenters. The minimum absolute atomic E-state index is 0.0282. The van der Waals surface area contributed by atoms with E-state index in [1.165, 1.54) is 6.07 Å². The van der Waals surface area contributed by atoms with Crippen molar-refractivity contribution in [1.29, 1.82) is 0 Å². The van der Waals surface area contributed by atoms with Crippen molar-refractivity contribution in [1.82, 2.24) is 5.16 Å². The van der Waals surface area contributed by atoms with E-state index in [-0.39, 0.29) is 16.9 Å². The van der Waals surface area contributed by atoms with Gasteiger partial charge in [-0.25, -0.2) is 8.42 Å². The van der Waals surface area contributed by atoms with Crippen LogP contribution in [-0.4, -0.2) is 36.1 Å². The summed E-state index contributed by atoms with van der Waals surface area (Å²) in [6.45, 7) is 0. The third-order valence-corrected chi connectivity index (χ3v) is 4.78. The normalized spacial score (nSPS) is 12.0. The van der Waals surface area contributed by atoms with Gasteiger partial charge in [-0.2, -0.15) is 13.2 Å². The van der Waals surface area contributed by atoms with Gasteiger partial charge in [0.15, 0.2) is 5.69 Å². The Morgan fingerprint density at radius 1 is 1.23 bits per heavy atom. The SMILES string of the molecule is O=C(O)CCc1cc(NC(=O)c2ccon2)ccc1S(=O)(=O)C(F)(F)F. The van der Waals surface area contributed by atoms with Crippen molar-refractivity contribution in [3.8, 4) is 0 Å². The van der Waals surface area contributed by atoms with Crippen molar-refractivity contribution in [3.05, 3.63) is 41.8 Å². The van der Waals surface area contributed by atoms with Crippen LogP contribution in [0.25, 0.3) is 0 Å². The summed E-state index contributed by atoms with van der Waals surface area (Å²) < 4.78 is 66.2. The lowest BCUT2D eigenvalue weighted by atomic mass is 10.1. The number of aryl methyl sites for hydroxylation is 1. The van der Waals surface area contributed by atoms with Gasteiger partial charge < -0.3 is 14.9 Å². The molecule has 0 fully saturated rings. The minimum atomic E-state index is -5.68. The second-order valence-corrected chi connectivity index (χ2v) is 6.91. The first-order chi connectivity index (χ1) is 12.0. The summed E-state index contributed by atoms with van der Waals surface area (Å²) in [5.41, 5.74) is -6.07. The summed E-state index contributed by atoms with van der Waals surface area (Å²) >= 11 is 0. The van der Waals surface area contributed by atoms with E-state index in [2.05, 4.69) is 15.0 Å². The number of halogens is 3. The highest BCUT2D eigenvalue weighted by molar-refractivity contribution is 7.92. The Balaban J connectivity index is 2.41. The lowest BCUT2D eigenvalue weighted by Crippen LogP contribution is -2.24. The molecule has 12 heteroatoms. The zero-order chi connectivity index (χ0) is 19.5. The fourth-order valence-electron chi connectivity index (χ4n) is 2.01. The number of aliphatic carboxylic acids is 1. The fourth-order valence-corrected chi connectivity index (χ4v) is 3.01. The molecule has 0 radical (unpaired) electrons. The van der Waals surface area contributed by atoms with Crippen LogP contribution in [0, 0.1) is 0 Å². The number of nitrogens with one attached hydrogen (secondary N) is 1. The van der Waals surface area contributed by atoms with E-state index in [0.717, 1.165) is 18.4 Å². The molecule has 140 valence electrons. The predicted molar refractivity (Wildman–Crippen MR) is 80.1 cm³/mol. The number of carbonyl (C=O) groups is 2. The number of benzene rings is 1. The Kier molecular flexibility index (Phi) is 5.35. The van der Waals surface area contributed by atoms with E-state index in [0.29, 0.717) is 6.07 Å². The van der Waals surface area contributed by atoms with Gasteiger partial charge in [-0.3, -0.25) is 9.59 Å². The van der Waals surface area contributed by atoms with E-state index in [1.807, 2.05) is 0 Å². The maximum absolute atomic E-state index is 12.8. The summed E-state index contributed by atoms with van der Waals surface area (Å²) in [6.07, 6.45) is 0.0565. The Bertz CT molecular complexity index is 923. The number of carbonyl (C=O) groups excluding carboxylic acids is 1. The van der Waals surface area contributed by atoms with Crippen molar-refractivity contribution in [2.45, 2.75) is 23.2 Å². The Morgan fingerprint density at radius 3 is 2.46 bits per heavy atom. The molecule has 0 spiro atoms. The number of carboxylic acid groups (broad SMARTS) is 1. The molecule has 0 bridgehead atoms. The van der Waals surface area contributed by atoms with Crippen LogP contribution in [0.4, 0.5) is 18.9 Å². The summed E-state index contributed by atoms with van der Waals surface area (Å²) in [4.78, 5) is 21.5. The van der Waals surface area contributed by atoms with Crippen LogP contribution in [0.2, 0.25) is 0 Å². The molecular weight excluding hydrogens is 381 g/mol. The van der Waals surface area contributed by atoms with Gasteiger partial charge in [-0.15, -0.1) is 0 Å². The Morgan fingerprint density at radius 2 is 1.92 bits per heavy atom. The monoisotopic (exact) mass is 392 g/mol. The highest BCUT2D eigenvalue weighted by Crippen LogP contribution is 2.33. The first kappa shape index (κ1) is 19.4. The molecule has 0 saturated heterocycles. The first-order valence-corrected chi connectivity index (χ1v) is 8.38. The van der Waals surface area contributed by atoms with E-state index in [9.17, 15) is 31.2 Å². The van der Waals surface area contributed by atoms with Crippen LogP contribution in [0.15, 0.2) is 39.9 Å². The van der Waals surface area contributed by atoms with Crippen LogP contribution in [-0.2, 0) is 21.1 Å². The van der Waals surface area contributed by atoms with Gasteiger partial charge in [-0.1, -0.05) is 5.16 Å². The number of hydrogen-bond donors (Lipinski definition) is 2. The van der Waals surface area contributed by atoms with E-state index in [1.54, 1.807) is 0 Å². The molecule has 1 heterocycles. The zero-order valence-corrected chi connectivity index (χ0v) is 13.6. The van der Waals surface area contributed by atoms with Crippen molar-refractivity contribution in [2.75, 3.05) is 5.32 Å². The Labute approximate surface area is 144 Å². The first-order valence-electron chi connectivity index (χ1n) is 6.90. The molecule has 2 rings (SSSR count). The number of carboxylic acids is 1. The third kappa shape index (κ3) is 4.20. The molecule has 0 saturated carbocycles. The van der Waals surface area contributed by atoms with Gasteiger partial charge in [-0.05, 0) is 30.2 Å². The summed E-state index contributed by atoms with van der Waals surface area (Å²) in [7, 11) is -5.68. The molecule has 0 atom stereocenters. The topological polar surface area (TPSA) is 127 Å². The van der Waals surface area contributed by atoms with Crippen molar-refractivity contribution < 1.29 is 40.8 Å². The molecule has 1 aromatic heterocycles. The summed E-state index contributed by atoms with van der Waals surface area (Å²) in [5, 5.41) is 14.4. The van der Waals surface area contributed by atoms with Gasteiger partial charge in [0, 0.05) is 18.2 Å². The van der Waals surface area contributed by atoms with E-state index < -0.39 is 45.0 Å². The summed E-state index contributed by atoms with van der Waals surface area (Å²) in [6, 6.07) is 3.84. The summed E-state index contributed by atoms with van der Waals surface area (Å²) in [5.74, 6) is -2.06. The second kappa shape index (κ2) is 7.15. The maximum Gasteiger partial charge on any atom is 0.501 e. The molecular formula is C14H11F3N2O6S. The molecule has 2 aromatic rings. The highest BCUT2D eigenvalue weighted by atomic mass is 32.2. The lowest BCUT2D eigenvalue weighted by Gasteiger charge is -2.14. The average molecular weight is 392 g/mol. The smallest absolute Gasteiger partial charge is 0.481 e. The number of sulfone groups is 1. The van der Waals surface area contributed by atoms with Gasteiger partial charge >= 0.3 is 11.5 Å². The lowest BCUT2D eigenvalue weighted by molar-refractivity contribution is -0.136. The fraction of sp³-hybridized carbons (Fsp3) is 0.214. The predicted octanol–water partition coefficient (Wildman–Crippen LogP) is 2.24. The number of hydrogen-bond acceptors (Lipinski definition) is 6. The van der Waals surface area contributed by atoms with E-state index in [4.69, 9.17) is 5.11 Å². The van der Waals surface area contributed by atoms with Crippen LogP contribution in [0.3, 0.4) is 0 Å². The maximum atomic E-state index is 12.8. The number of anilines is 1. The number of nitrogens with zero attached hydrogens (tertiary/aromatic N) is 1. The third-order valence-electron chi connectivity index (χ3n) is 3.19. The highest BCUT2D eigenvalue weighted by Gasteiger charge is 2.47. The van der Waals surface area contributed by atoms with Crippen molar-refractivity contribution in [3.63, 3.8) is 0 Å². The largest absolute Gasteiger partial charge is 0.501 e. The van der Waals surface area contributed by atoms with Crippen molar-refractivity contribution >= 4 is 27.4 Å². The van der Waals surface area contributed by atoms with Crippen LogP contribution >= 0.6 is 0 Å². The quantitative estimate of drug-likeness (QED) is 0.772. The number of amides is 1. The number of rotatable bonds is 6. The van der Waals surface area contributed by atoms with E-state index >= 15 is 0 Å². The molecule has 1 aromatic carbocycles. The second-order valence-electron chi connectivity index (χ2n) is 5.00. The van der Waals surface area contributed by atoms with Crippen LogP contribution < -0.4 is 5.32 Å². The standard InChI is InChI=1S/C14H11F3N2O6S/c15-14(16,17)26(23,24)11-3-2-9(7-8(11)1-4-12(20)21)18-13(22)10-5-6-25-19-10/h2-3,5-7H,1,4H2,(H,18,22)(H,20,21). The molecule has 26 heavy (non-hydrogen) atoms. The molecule has 0 aliphatic carbocycles. The van der Waals surface area contributed by atoms with Gasteiger partial charge in [0.2, 0.25) is 0 Å². The number of aromatic nitrogens is 1. The van der Waals surface area contributed by atoms with Crippen LogP contribution in [0.1, 0.15) is 22.5 Å². The van der Waals surface area contributed by atoms with Gasteiger partial charge in [0.1, 0.15) is 6.26 Å². The molecule has 0 aliphatic heterocycles. The average Bonchev–Trinajstić information content (AvgIpc) is 3.06. The van der Waals surface area contributed by atoms with Crippen LogP contribution in [0.5, 0.6) is 0 Å². The molecule has 1 amide bonds.